The second kappa shape index (κ2) is 13.8. The van der Waals surface area contributed by atoms with Gasteiger partial charge in [0.1, 0.15) is 11.8 Å². The van der Waals surface area contributed by atoms with E-state index in [0.717, 1.165) is 57.4 Å². The number of phenolic OH excluding ortho intramolecular Hbond substituents is 1. The van der Waals surface area contributed by atoms with Gasteiger partial charge in [-0.1, -0.05) is 40.5 Å². The zero-order valence-electron chi connectivity index (χ0n) is 22.9. The Hall–Kier alpha value is -2.44. The van der Waals surface area contributed by atoms with Crippen molar-refractivity contribution < 1.29 is 14.7 Å². The van der Waals surface area contributed by atoms with Crippen LogP contribution in [-0.2, 0) is 4.79 Å². The van der Waals surface area contributed by atoms with Gasteiger partial charge in [-0.25, -0.2) is 4.79 Å². The van der Waals surface area contributed by atoms with Crippen molar-refractivity contribution in [1.29, 1.82) is 0 Å². The Morgan fingerprint density at radius 1 is 0.917 bits per heavy atom. The fourth-order valence-electron chi connectivity index (χ4n) is 5.39. The maximum absolute atomic E-state index is 13.6. The number of carbonyl (C=O) groups is 2. The number of hydrogen-bond acceptors (Lipinski definition) is 4. The van der Waals surface area contributed by atoms with Crippen LogP contribution in [0.4, 0.5) is 10.5 Å². The molecule has 0 saturated carbocycles. The lowest BCUT2D eigenvalue weighted by molar-refractivity contribution is -0.134. The lowest BCUT2D eigenvalue weighted by Gasteiger charge is -2.41. The third-order valence-corrected chi connectivity index (χ3v) is 7.54. The average molecular weight is 501 g/mol. The molecule has 7 nitrogen and oxygen atoms in total. The third kappa shape index (κ3) is 8.31. The van der Waals surface area contributed by atoms with E-state index >= 15 is 0 Å². The van der Waals surface area contributed by atoms with Gasteiger partial charge in [0.15, 0.2) is 0 Å². The molecule has 2 heterocycles. The van der Waals surface area contributed by atoms with Crippen LogP contribution in [-0.4, -0.2) is 71.7 Å². The second-order valence-electron chi connectivity index (χ2n) is 11.5. The van der Waals surface area contributed by atoms with Crippen molar-refractivity contribution in [2.45, 2.75) is 91.1 Å². The lowest BCUT2D eigenvalue weighted by atomic mass is 9.98. The maximum atomic E-state index is 13.6. The fraction of sp³-hybridized carbons (Fsp3) is 0.724. The quantitative estimate of drug-likeness (QED) is 0.486. The van der Waals surface area contributed by atoms with Crippen LogP contribution >= 0.6 is 0 Å². The molecule has 2 N–H and O–H groups in total. The van der Waals surface area contributed by atoms with Crippen LogP contribution in [0.3, 0.4) is 0 Å². The largest absolute Gasteiger partial charge is 0.508 e. The number of likely N-dealkylation sites (tertiary alicyclic amines) is 2. The van der Waals surface area contributed by atoms with E-state index in [9.17, 15) is 14.7 Å². The number of benzene rings is 1. The minimum Gasteiger partial charge on any atom is -0.508 e. The van der Waals surface area contributed by atoms with Gasteiger partial charge >= 0.3 is 6.03 Å². The van der Waals surface area contributed by atoms with Crippen LogP contribution in [0.2, 0.25) is 0 Å². The minimum atomic E-state index is -0.466. The van der Waals surface area contributed by atoms with Gasteiger partial charge in [0.05, 0.1) is 0 Å². The predicted molar refractivity (Wildman–Crippen MR) is 146 cm³/mol. The van der Waals surface area contributed by atoms with Crippen molar-refractivity contribution in [1.82, 2.24) is 15.1 Å². The Morgan fingerprint density at radius 3 is 2.08 bits per heavy atom. The monoisotopic (exact) mass is 500 g/mol. The molecule has 2 aliphatic heterocycles. The van der Waals surface area contributed by atoms with Crippen LogP contribution in [0.25, 0.3) is 0 Å². The minimum absolute atomic E-state index is 0.0590. The Labute approximate surface area is 218 Å². The molecule has 1 atom stereocenters. The molecule has 3 rings (SSSR count). The molecule has 7 heteroatoms. The first kappa shape index (κ1) is 28.1. The van der Waals surface area contributed by atoms with E-state index in [1.54, 1.807) is 12.1 Å². The number of anilines is 1. The van der Waals surface area contributed by atoms with Crippen molar-refractivity contribution in [2.24, 2.45) is 11.8 Å². The third-order valence-electron chi connectivity index (χ3n) is 7.54. The normalized spacial score (nSPS) is 18.3. The molecule has 0 spiro atoms. The summed E-state index contributed by atoms with van der Waals surface area (Å²) in [6, 6.07) is 7.28. The average Bonchev–Trinajstić information content (AvgIpc) is 3.14. The zero-order valence-corrected chi connectivity index (χ0v) is 22.9. The molecule has 202 valence electrons. The molecule has 36 heavy (non-hydrogen) atoms. The molecular weight excluding hydrogens is 452 g/mol. The van der Waals surface area contributed by atoms with Crippen LogP contribution < -0.4 is 10.2 Å². The number of nitrogens with zero attached hydrogens (tertiary/aromatic N) is 3. The van der Waals surface area contributed by atoms with E-state index in [2.05, 4.69) is 37.9 Å². The number of rotatable bonds is 9. The smallest absolute Gasteiger partial charge is 0.318 e. The number of carbonyl (C=O) groups excluding carboxylic acids is 2. The van der Waals surface area contributed by atoms with Gasteiger partial charge in [0.2, 0.25) is 5.91 Å². The molecule has 3 amide bonds. The molecule has 2 aliphatic rings. The number of amides is 3. The van der Waals surface area contributed by atoms with Crippen molar-refractivity contribution in [3.8, 4) is 5.75 Å². The number of hydrogen-bond donors (Lipinski definition) is 2. The van der Waals surface area contributed by atoms with Crippen molar-refractivity contribution in [3.05, 3.63) is 24.3 Å². The zero-order chi connectivity index (χ0) is 26.1. The van der Waals surface area contributed by atoms with E-state index in [1.165, 1.54) is 12.8 Å². The highest BCUT2D eigenvalue weighted by atomic mass is 16.3. The topological polar surface area (TPSA) is 76.1 Å². The fourth-order valence-corrected chi connectivity index (χ4v) is 5.39. The van der Waals surface area contributed by atoms with Crippen molar-refractivity contribution >= 4 is 17.6 Å². The molecule has 0 aromatic heterocycles. The van der Waals surface area contributed by atoms with E-state index in [-0.39, 0.29) is 17.7 Å². The Morgan fingerprint density at radius 2 is 1.53 bits per heavy atom. The standard InChI is InChI=1S/C29H48N4O3/c1-22(2)13-20-33(24-9-11-26(34)12-10-24)25-14-18-31(19-15-25)28(35)27(21-23(3)4)30-29(36)32-16-7-5-6-8-17-32/h9-12,22-23,25,27,34H,5-8,13-21H2,1-4H3,(H,30,36)/t27-/m0/s1. The highest BCUT2D eigenvalue weighted by Gasteiger charge is 2.32. The summed E-state index contributed by atoms with van der Waals surface area (Å²) >= 11 is 0. The van der Waals surface area contributed by atoms with Gasteiger partial charge in [-0.05, 0) is 74.6 Å². The summed E-state index contributed by atoms with van der Waals surface area (Å²) in [5.41, 5.74) is 1.13. The molecule has 0 aliphatic carbocycles. The molecule has 1 aromatic rings. The predicted octanol–water partition coefficient (Wildman–Crippen LogP) is 5.24. The summed E-state index contributed by atoms with van der Waals surface area (Å²) in [5, 5.41) is 12.8. The van der Waals surface area contributed by atoms with Crippen LogP contribution in [0.15, 0.2) is 24.3 Å². The first-order valence-electron chi connectivity index (χ1n) is 14.1. The van der Waals surface area contributed by atoms with Crippen molar-refractivity contribution in [3.63, 3.8) is 0 Å². The van der Waals surface area contributed by atoms with Crippen molar-refractivity contribution in [2.75, 3.05) is 37.6 Å². The first-order chi connectivity index (χ1) is 17.2. The van der Waals surface area contributed by atoms with Gasteiger partial charge in [-0.15, -0.1) is 0 Å². The maximum Gasteiger partial charge on any atom is 0.318 e. The summed E-state index contributed by atoms with van der Waals surface area (Å²) in [7, 11) is 0. The van der Waals surface area contributed by atoms with Crippen LogP contribution in [0.5, 0.6) is 5.75 Å². The highest BCUT2D eigenvalue weighted by Crippen LogP contribution is 2.27. The highest BCUT2D eigenvalue weighted by molar-refractivity contribution is 5.87. The molecule has 0 radical (unpaired) electrons. The molecule has 0 bridgehead atoms. The summed E-state index contributed by atoms with van der Waals surface area (Å²) < 4.78 is 0. The van der Waals surface area contributed by atoms with E-state index < -0.39 is 6.04 Å². The molecule has 2 saturated heterocycles. The van der Waals surface area contributed by atoms with E-state index in [1.807, 2.05) is 21.9 Å². The molecule has 1 aromatic carbocycles. The summed E-state index contributed by atoms with van der Waals surface area (Å²) in [4.78, 5) is 32.9. The van der Waals surface area contributed by atoms with Crippen LogP contribution in [0, 0.1) is 11.8 Å². The first-order valence-corrected chi connectivity index (χ1v) is 14.1. The Balaban J connectivity index is 1.62. The number of phenols is 1. The summed E-state index contributed by atoms with van der Waals surface area (Å²) in [6.07, 6.45) is 7.98. The van der Waals surface area contributed by atoms with Gasteiger partial charge in [-0.3, -0.25) is 4.79 Å². The Bertz CT molecular complexity index is 810. The SMILES string of the molecule is CC(C)CCN(c1ccc(O)cc1)C1CCN(C(=O)[C@H](CC(C)C)NC(=O)N2CCCCCC2)CC1. The summed E-state index contributed by atoms with van der Waals surface area (Å²) in [6.45, 7) is 12.6. The number of nitrogens with one attached hydrogen (secondary N) is 1. The van der Waals surface area contributed by atoms with E-state index in [4.69, 9.17) is 0 Å². The van der Waals surface area contributed by atoms with Crippen LogP contribution in [0.1, 0.15) is 79.1 Å². The Kier molecular flexibility index (Phi) is 10.7. The number of piperidine rings is 1. The molecule has 2 fully saturated rings. The second-order valence-corrected chi connectivity index (χ2v) is 11.5. The molecule has 0 unspecified atom stereocenters. The molecular formula is C29H48N4O3. The van der Waals surface area contributed by atoms with Gasteiger partial charge in [-0.2, -0.15) is 0 Å². The van der Waals surface area contributed by atoms with Gasteiger partial charge in [0.25, 0.3) is 0 Å². The number of aromatic hydroxyl groups is 1. The van der Waals surface area contributed by atoms with Gasteiger partial charge < -0.3 is 25.1 Å². The lowest BCUT2D eigenvalue weighted by Crippen LogP contribution is -2.55. The van der Waals surface area contributed by atoms with Gasteiger partial charge in [0, 0.05) is 44.5 Å². The van der Waals surface area contributed by atoms with E-state index in [0.29, 0.717) is 37.4 Å². The summed E-state index contributed by atoms with van der Waals surface area (Å²) in [5.74, 6) is 1.27. The number of urea groups is 1.